The average Bonchev–Trinajstić information content (AvgIpc) is 3.06. The Morgan fingerprint density at radius 3 is 2.48 bits per heavy atom. The number of benzene rings is 2. The molecule has 0 bridgehead atoms. The number of likely N-dealkylation sites (tertiary alicyclic amines) is 1. The summed E-state index contributed by atoms with van der Waals surface area (Å²) in [7, 11) is 0. The van der Waals surface area contributed by atoms with Gasteiger partial charge in [0.1, 0.15) is 22.4 Å². The topological polar surface area (TPSA) is 120 Å². The zero-order valence-electron chi connectivity index (χ0n) is 18.8. The van der Waals surface area contributed by atoms with Gasteiger partial charge in [0.15, 0.2) is 0 Å². The molecule has 3 rings (SSSR count). The molecule has 0 saturated carbocycles. The van der Waals surface area contributed by atoms with Crippen LogP contribution in [-0.2, 0) is 11.3 Å². The largest absolute Gasteiger partial charge is 0.457 e. The highest BCUT2D eigenvalue weighted by atomic mass is 32.2. The zero-order valence-corrected chi connectivity index (χ0v) is 19.6. The quantitative estimate of drug-likeness (QED) is 0.398. The lowest BCUT2D eigenvalue weighted by Crippen LogP contribution is -2.25. The molecule has 174 valence electrons. The first-order chi connectivity index (χ1) is 15.5. The Bertz CT molecular complexity index is 1100. The summed E-state index contributed by atoms with van der Waals surface area (Å²) in [5, 5.41) is 16.8. The third-order valence-corrected chi connectivity index (χ3v) is 6.40. The van der Waals surface area contributed by atoms with Crippen molar-refractivity contribution in [1.82, 2.24) is 4.90 Å². The van der Waals surface area contributed by atoms with E-state index in [1.165, 1.54) is 12.1 Å². The van der Waals surface area contributed by atoms with Gasteiger partial charge in [-0.25, -0.2) is 4.39 Å². The predicted molar refractivity (Wildman–Crippen MR) is 128 cm³/mol. The first kappa shape index (κ1) is 24.4. The van der Waals surface area contributed by atoms with Crippen molar-refractivity contribution < 1.29 is 18.7 Å². The highest BCUT2D eigenvalue weighted by Crippen LogP contribution is 2.31. The van der Waals surface area contributed by atoms with Crippen molar-refractivity contribution in [2.24, 2.45) is 17.6 Å². The van der Waals surface area contributed by atoms with E-state index >= 15 is 0 Å². The third kappa shape index (κ3) is 5.98. The van der Waals surface area contributed by atoms with Gasteiger partial charge in [-0.05, 0) is 42.3 Å². The number of halogens is 1. The predicted octanol–water partition coefficient (Wildman–Crippen LogP) is 4.78. The summed E-state index contributed by atoms with van der Waals surface area (Å²) in [5.41, 5.74) is 6.07. The van der Waals surface area contributed by atoms with Gasteiger partial charge in [0, 0.05) is 36.6 Å². The van der Waals surface area contributed by atoms with Gasteiger partial charge in [0.05, 0.1) is 10.6 Å². The van der Waals surface area contributed by atoms with Crippen LogP contribution in [0.4, 0.5) is 4.39 Å². The minimum absolute atomic E-state index is 0.0137. The molecule has 4 N–H and O–H groups in total. The lowest BCUT2D eigenvalue weighted by Gasteiger charge is -2.19. The van der Waals surface area contributed by atoms with Gasteiger partial charge in [-0.1, -0.05) is 32.5 Å². The third-order valence-electron chi connectivity index (χ3n) is 5.27. The van der Waals surface area contributed by atoms with Crippen molar-refractivity contribution in [3.05, 3.63) is 58.9 Å². The number of carbonyl (C=O) groups is 2. The van der Waals surface area contributed by atoms with Crippen molar-refractivity contribution in [1.29, 1.82) is 10.8 Å². The second-order valence-corrected chi connectivity index (χ2v) is 9.52. The highest BCUT2D eigenvalue weighted by Gasteiger charge is 2.28. The second-order valence-electron chi connectivity index (χ2n) is 8.46. The van der Waals surface area contributed by atoms with Crippen molar-refractivity contribution in [3.63, 3.8) is 0 Å². The molecule has 0 aliphatic carbocycles. The van der Waals surface area contributed by atoms with Gasteiger partial charge < -0.3 is 15.4 Å². The number of amides is 2. The minimum atomic E-state index is -0.914. The van der Waals surface area contributed by atoms with E-state index in [1.807, 2.05) is 20.8 Å². The smallest absolute Gasteiger partial charge is 0.251 e. The van der Waals surface area contributed by atoms with Crippen LogP contribution in [0.3, 0.4) is 0 Å². The standard InChI is InChI=1S/C24H27FN4O3S/c1-13(2)23(27)33-24(28)15-4-6-17(7-5-15)32-20-10-18(22(26)31)19(25)9-16(20)12-29-11-14(3)8-21(29)30/h4-7,9-10,13-14,27-28H,8,11-12H2,1-3H3,(H2,26,31)/t14-/m0/s1. The molecule has 2 aromatic carbocycles. The number of primary amides is 1. The molecular weight excluding hydrogens is 443 g/mol. The molecule has 0 spiro atoms. The van der Waals surface area contributed by atoms with E-state index in [0.717, 1.165) is 11.8 Å². The molecule has 9 heteroatoms. The maximum Gasteiger partial charge on any atom is 0.251 e. The molecule has 1 heterocycles. The fourth-order valence-electron chi connectivity index (χ4n) is 3.42. The summed E-state index contributed by atoms with van der Waals surface area (Å²) in [6.45, 7) is 6.50. The molecule has 0 aromatic heterocycles. The van der Waals surface area contributed by atoms with Crippen LogP contribution in [0.1, 0.15) is 48.7 Å². The van der Waals surface area contributed by atoms with Crippen LogP contribution < -0.4 is 10.5 Å². The Morgan fingerprint density at radius 1 is 1.27 bits per heavy atom. The fraction of sp³-hybridized carbons (Fsp3) is 0.333. The van der Waals surface area contributed by atoms with Gasteiger partial charge in [-0.2, -0.15) is 0 Å². The van der Waals surface area contributed by atoms with Gasteiger partial charge in [0.2, 0.25) is 5.91 Å². The number of hydrogen-bond acceptors (Lipinski definition) is 6. The van der Waals surface area contributed by atoms with Crippen LogP contribution >= 0.6 is 11.8 Å². The maximum atomic E-state index is 14.5. The minimum Gasteiger partial charge on any atom is -0.457 e. The number of hydrogen-bond donors (Lipinski definition) is 3. The van der Waals surface area contributed by atoms with E-state index in [2.05, 4.69) is 0 Å². The molecule has 1 fully saturated rings. The van der Waals surface area contributed by atoms with Gasteiger partial charge in [0.25, 0.3) is 5.91 Å². The second kappa shape index (κ2) is 10.2. The van der Waals surface area contributed by atoms with E-state index in [-0.39, 0.29) is 40.6 Å². The summed E-state index contributed by atoms with van der Waals surface area (Å²) in [4.78, 5) is 25.5. The molecule has 2 aromatic rings. The Morgan fingerprint density at radius 2 is 1.94 bits per heavy atom. The van der Waals surface area contributed by atoms with Crippen molar-refractivity contribution in [2.45, 2.75) is 33.7 Å². The summed E-state index contributed by atoms with van der Waals surface area (Å²) in [5.74, 6) is -0.785. The number of nitrogens with one attached hydrogen (secondary N) is 2. The Hall–Kier alpha value is -3.20. The van der Waals surface area contributed by atoms with E-state index in [0.29, 0.717) is 34.9 Å². The summed E-state index contributed by atoms with van der Waals surface area (Å²) in [6.07, 6.45) is 0.442. The monoisotopic (exact) mass is 470 g/mol. The SMILES string of the molecule is CC(C)C(=N)SC(=N)c1ccc(Oc2cc(C(N)=O)c(F)cc2CN2C[C@@H](C)CC2=O)cc1. The van der Waals surface area contributed by atoms with Gasteiger partial charge in [-0.3, -0.25) is 20.4 Å². The molecule has 1 aliphatic heterocycles. The Labute approximate surface area is 196 Å². The number of nitrogens with zero attached hydrogens (tertiary/aromatic N) is 1. The average molecular weight is 471 g/mol. The zero-order chi connectivity index (χ0) is 24.3. The molecule has 1 saturated heterocycles. The lowest BCUT2D eigenvalue weighted by molar-refractivity contribution is -0.128. The van der Waals surface area contributed by atoms with Gasteiger partial charge in [-0.15, -0.1) is 0 Å². The Balaban J connectivity index is 1.84. The van der Waals surface area contributed by atoms with Crippen LogP contribution in [0.25, 0.3) is 0 Å². The molecule has 1 aliphatic rings. The van der Waals surface area contributed by atoms with Crippen molar-refractivity contribution >= 4 is 33.7 Å². The Kier molecular flexibility index (Phi) is 7.53. The maximum absolute atomic E-state index is 14.5. The summed E-state index contributed by atoms with van der Waals surface area (Å²) in [6, 6.07) is 9.15. The summed E-state index contributed by atoms with van der Waals surface area (Å²) >= 11 is 1.09. The lowest BCUT2D eigenvalue weighted by atomic mass is 10.1. The normalized spacial score (nSPS) is 15.7. The number of nitrogens with two attached hydrogens (primary N) is 1. The van der Waals surface area contributed by atoms with Crippen molar-refractivity contribution in [3.8, 4) is 11.5 Å². The molecular formula is C24H27FN4O3S. The van der Waals surface area contributed by atoms with E-state index in [1.54, 1.807) is 29.2 Å². The number of ether oxygens (including phenoxy) is 1. The first-order valence-electron chi connectivity index (χ1n) is 10.6. The van der Waals surface area contributed by atoms with Crippen molar-refractivity contribution in [2.75, 3.05) is 6.54 Å². The highest BCUT2D eigenvalue weighted by molar-refractivity contribution is 8.26. The molecule has 0 unspecified atom stereocenters. The van der Waals surface area contributed by atoms with Crippen LogP contribution in [0.2, 0.25) is 0 Å². The molecule has 7 nitrogen and oxygen atoms in total. The van der Waals surface area contributed by atoms with Crippen LogP contribution in [0.5, 0.6) is 11.5 Å². The molecule has 33 heavy (non-hydrogen) atoms. The van der Waals surface area contributed by atoms with Crippen LogP contribution in [-0.4, -0.2) is 33.3 Å². The molecule has 0 radical (unpaired) electrons. The molecule has 1 atom stereocenters. The number of rotatable bonds is 7. The van der Waals surface area contributed by atoms with E-state index in [9.17, 15) is 14.0 Å². The van der Waals surface area contributed by atoms with Crippen LogP contribution in [0, 0.1) is 28.5 Å². The summed E-state index contributed by atoms with van der Waals surface area (Å²) < 4.78 is 20.4. The van der Waals surface area contributed by atoms with E-state index < -0.39 is 11.7 Å². The number of thioether (sulfide) groups is 1. The molecule has 2 amide bonds. The number of carbonyl (C=O) groups excluding carboxylic acids is 2. The van der Waals surface area contributed by atoms with Gasteiger partial charge >= 0.3 is 0 Å². The first-order valence-corrected chi connectivity index (χ1v) is 11.4. The van der Waals surface area contributed by atoms with E-state index in [4.69, 9.17) is 21.3 Å². The fourth-order valence-corrected chi connectivity index (χ4v) is 4.13. The van der Waals surface area contributed by atoms with Crippen LogP contribution in [0.15, 0.2) is 36.4 Å².